The van der Waals surface area contributed by atoms with Gasteiger partial charge in [0.1, 0.15) is 0 Å². The molecular weight excluding hydrogens is 288 g/mol. The number of benzene rings is 1. The Balaban J connectivity index is -0.000000356. The number of thiol groups is 1. The van der Waals surface area contributed by atoms with Crippen LogP contribution in [0.25, 0.3) is 0 Å². The van der Waals surface area contributed by atoms with Crippen molar-refractivity contribution >= 4 is 18.3 Å². The molecule has 21 heavy (non-hydrogen) atoms. The van der Waals surface area contributed by atoms with Crippen molar-refractivity contribution in [2.45, 2.75) is 38.2 Å². The van der Waals surface area contributed by atoms with Crippen LogP contribution in [-0.4, -0.2) is 48.8 Å². The number of nitrogens with one attached hydrogen (secondary N) is 1. The Hall–Kier alpha value is -0.790. The molecule has 1 saturated heterocycles. The Kier molecular flexibility index (Phi) is 18.7. The SMILES string of the molecule is CC.CCNC.O.O.OC1CCN(c2cccc(S)c2)C1. The van der Waals surface area contributed by atoms with E-state index >= 15 is 0 Å². The molecule has 1 atom stereocenters. The predicted molar refractivity (Wildman–Crippen MR) is 94.7 cm³/mol. The van der Waals surface area contributed by atoms with E-state index in [4.69, 9.17) is 0 Å². The van der Waals surface area contributed by atoms with Crippen molar-refractivity contribution in [3.8, 4) is 0 Å². The fourth-order valence-electron chi connectivity index (χ4n) is 1.67. The molecule has 1 unspecified atom stereocenters. The van der Waals surface area contributed by atoms with Gasteiger partial charge in [-0.3, -0.25) is 0 Å². The van der Waals surface area contributed by atoms with Gasteiger partial charge in [0.25, 0.3) is 0 Å². The van der Waals surface area contributed by atoms with Gasteiger partial charge in [-0.2, -0.15) is 0 Å². The Labute approximate surface area is 134 Å². The monoisotopic (exact) mass is 320 g/mol. The van der Waals surface area contributed by atoms with Crippen LogP contribution in [-0.2, 0) is 0 Å². The van der Waals surface area contributed by atoms with E-state index in [1.54, 1.807) is 0 Å². The zero-order chi connectivity index (χ0) is 14.7. The summed E-state index contributed by atoms with van der Waals surface area (Å²) in [7, 11) is 1.93. The van der Waals surface area contributed by atoms with Gasteiger partial charge in [0.05, 0.1) is 6.10 Å². The Bertz CT molecular complexity index is 338. The van der Waals surface area contributed by atoms with Gasteiger partial charge >= 0.3 is 0 Å². The summed E-state index contributed by atoms with van der Waals surface area (Å²) in [5, 5.41) is 12.3. The van der Waals surface area contributed by atoms with Crippen molar-refractivity contribution in [1.82, 2.24) is 5.32 Å². The Morgan fingerprint density at radius 2 is 1.90 bits per heavy atom. The minimum absolute atomic E-state index is 0. The molecule has 1 aliphatic heterocycles. The summed E-state index contributed by atoms with van der Waals surface area (Å²) in [6.45, 7) is 8.83. The van der Waals surface area contributed by atoms with Crippen LogP contribution in [0.2, 0.25) is 0 Å². The standard InChI is InChI=1S/C10H13NOS.C3H9N.C2H6.2H2O/c12-9-4-5-11(7-9)8-2-1-3-10(13)6-8;1-3-4-2;1-2;;/h1-3,6,9,12-13H,4-5,7H2;4H,3H2,1-2H3;1-2H3;2*1H2. The van der Waals surface area contributed by atoms with Crippen molar-refractivity contribution in [3.63, 3.8) is 0 Å². The first-order valence-electron chi connectivity index (χ1n) is 7.04. The summed E-state index contributed by atoms with van der Waals surface area (Å²) >= 11 is 4.28. The van der Waals surface area contributed by atoms with Crippen molar-refractivity contribution < 1.29 is 16.1 Å². The molecular formula is C15H32N2O3S. The summed E-state index contributed by atoms with van der Waals surface area (Å²) < 4.78 is 0. The second-order valence-corrected chi connectivity index (χ2v) is 4.63. The van der Waals surface area contributed by atoms with Gasteiger partial charge in [-0.25, -0.2) is 0 Å². The molecule has 6 N–H and O–H groups in total. The molecule has 0 bridgehead atoms. The lowest BCUT2D eigenvalue weighted by atomic mass is 10.3. The van der Waals surface area contributed by atoms with Crippen LogP contribution in [0.5, 0.6) is 0 Å². The van der Waals surface area contributed by atoms with E-state index in [-0.39, 0.29) is 17.1 Å². The van der Waals surface area contributed by atoms with Crippen molar-refractivity contribution in [3.05, 3.63) is 24.3 Å². The lowest BCUT2D eigenvalue weighted by Gasteiger charge is -2.17. The molecule has 1 heterocycles. The van der Waals surface area contributed by atoms with Crippen LogP contribution in [0.15, 0.2) is 29.2 Å². The lowest BCUT2D eigenvalue weighted by Crippen LogP contribution is -2.20. The number of rotatable bonds is 2. The van der Waals surface area contributed by atoms with Gasteiger partial charge in [0.15, 0.2) is 0 Å². The fourth-order valence-corrected chi connectivity index (χ4v) is 1.88. The summed E-state index contributed by atoms with van der Waals surface area (Å²) in [5.74, 6) is 0. The van der Waals surface area contributed by atoms with Gasteiger partial charge < -0.3 is 26.3 Å². The highest BCUT2D eigenvalue weighted by Gasteiger charge is 2.19. The van der Waals surface area contributed by atoms with Gasteiger partial charge in [0, 0.05) is 23.7 Å². The summed E-state index contributed by atoms with van der Waals surface area (Å²) in [6, 6.07) is 8.03. The van der Waals surface area contributed by atoms with E-state index < -0.39 is 0 Å². The number of aliphatic hydroxyl groups is 1. The smallest absolute Gasteiger partial charge is 0.0731 e. The van der Waals surface area contributed by atoms with Crippen molar-refractivity contribution in [2.75, 3.05) is 31.6 Å². The van der Waals surface area contributed by atoms with E-state index in [1.165, 1.54) is 0 Å². The number of aliphatic hydroxyl groups excluding tert-OH is 1. The molecule has 0 aliphatic carbocycles. The molecule has 0 aromatic heterocycles. The number of hydrogen-bond donors (Lipinski definition) is 3. The van der Waals surface area contributed by atoms with Crippen LogP contribution in [0.4, 0.5) is 5.69 Å². The van der Waals surface area contributed by atoms with E-state index in [9.17, 15) is 5.11 Å². The Morgan fingerprint density at radius 1 is 1.33 bits per heavy atom. The largest absolute Gasteiger partial charge is 0.412 e. The second kappa shape index (κ2) is 15.6. The maximum absolute atomic E-state index is 9.37. The first-order valence-corrected chi connectivity index (χ1v) is 7.48. The zero-order valence-corrected chi connectivity index (χ0v) is 14.5. The third-order valence-electron chi connectivity index (χ3n) is 2.71. The normalized spacial score (nSPS) is 15.5. The first kappa shape index (κ1) is 25.2. The molecule has 126 valence electrons. The molecule has 6 heteroatoms. The van der Waals surface area contributed by atoms with Crippen LogP contribution < -0.4 is 10.2 Å². The Morgan fingerprint density at radius 3 is 2.29 bits per heavy atom. The minimum Gasteiger partial charge on any atom is -0.412 e. The number of anilines is 1. The van der Waals surface area contributed by atoms with E-state index in [1.807, 2.05) is 39.1 Å². The summed E-state index contributed by atoms with van der Waals surface area (Å²) in [5.41, 5.74) is 1.16. The number of nitrogens with zero attached hydrogens (tertiary/aromatic N) is 1. The van der Waals surface area contributed by atoms with Gasteiger partial charge in [-0.15, -0.1) is 12.6 Å². The molecule has 2 rings (SSSR count). The predicted octanol–water partition coefficient (Wildman–Crippen LogP) is 1.15. The third-order valence-corrected chi connectivity index (χ3v) is 2.99. The minimum atomic E-state index is -0.163. The van der Waals surface area contributed by atoms with Gasteiger partial charge in [0.2, 0.25) is 0 Å². The summed E-state index contributed by atoms with van der Waals surface area (Å²) in [6.07, 6.45) is 0.708. The van der Waals surface area contributed by atoms with Crippen molar-refractivity contribution in [2.24, 2.45) is 0 Å². The van der Waals surface area contributed by atoms with Crippen molar-refractivity contribution in [1.29, 1.82) is 0 Å². The third kappa shape index (κ3) is 10.6. The van der Waals surface area contributed by atoms with E-state index in [0.717, 1.165) is 36.6 Å². The topological polar surface area (TPSA) is 98.5 Å². The second-order valence-electron chi connectivity index (χ2n) is 4.12. The quantitative estimate of drug-likeness (QED) is 0.713. The van der Waals surface area contributed by atoms with Crippen LogP contribution >= 0.6 is 12.6 Å². The van der Waals surface area contributed by atoms with E-state index in [2.05, 4.69) is 35.8 Å². The van der Waals surface area contributed by atoms with Crippen LogP contribution in [0.1, 0.15) is 27.2 Å². The van der Waals surface area contributed by atoms with E-state index in [0.29, 0.717) is 0 Å². The molecule has 1 aliphatic rings. The fraction of sp³-hybridized carbons (Fsp3) is 0.600. The average Bonchev–Trinajstić information content (AvgIpc) is 2.88. The molecule has 1 fully saturated rings. The van der Waals surface area contributed by atoms with Gasteiger partial charge in [-0.1, -0.05) is 26.8 Å². The maximum atomic E-state index is 9.37. The number of hydrogen-bond acceptors (Lipinski definition) is 4. The lowest BCUT2D eigenvalue weighted by molar-refractivity contribution is 0.198. The maximum Gasteiger partial charge on any atom is 0.0731 e. The molecule has 0 radical (unpaired) electrons. The highest BCUT2D eigenvalue weighted by Crippen LogP contribution is 2.22. The first-order chi connectivity index (χ1) is 9.17. The zero-order valence-electron chi connectivity index (χ0n) is 13.6. The van der Waals surface area contributed by atoms with Crippen LogP contribution in [0.3, 0.4) is 0 Å². The molecule has 0 amide bonds. The molecule has 0 spiro atoms. The molecule has 1 aromatic carbocycles. The highest BCUT2D eigenvalue weighted by molar-refractivity contribution is 7.80. The van der Waals surface area contributed by atoms with Crippen LogP contribution in [0, 0.1) is 0 Å². The molecule has 5 nitrogen and oxygen atoms in total. The highest BCUT2D eigenvalue weighted by atomic mass is 32.1. The molecule has 0 saturated carbocycles. The van der Waals surface area contributed by atoms with Gasteiger partial charge in [-0.05, 0) is 38.2 Å². The average molecular weight is 320 g/mol. The summed E-state index contributed by atoms with van der Waals surface area (Å²) in [4.78, 5) is 3.16. The number of β-amino-alcohol motifs (C(OH)–C–C–N with tert-alkyl or cyclic N) is 1. The molecule has 1 aromatic rings.